The third-order valence-electron chi connectivity index (χ3n) is 3.05. The Morgan fingerprint density at radius 3 is 2.41 bits per heavy atom. The first-order valence-electron chi connectivity index (χ1n) is 6.27. The van der Waals surface area contributed by atoms with Gasteiger partial charge in [0.25, 0.3) is 0 Å². The molecule has 0 atom stereocenters. The Kier molecular flexibility index (Phi) is 8.94. The van der Waals surface area contributed by atoms with Crippen LogP contribution in [0.4, 0.5) is 0 Å². The van der Waals surface area contributed by atoms with Gasteiger partial charge in [-0.25, -0.2) is 0 Å². The summed E-state index contributed by atoms with van der Waals surface area (Å²) in [7, 11) is 4.02. The second-order valence-electron chi connectivity index (χ2n) is 5.00. The molecule has 0 bridgehead atoms. The molecule has 0 saturated carbocycles. The van der Waals surface area contributed by atoms with Gasteiger partial charge in [0.2, 0.25) is 0 Å². The minimum atomic E-state index is 0. The van der Waals surface area contributed by atoms with Crippen molar-refractivity contribution in [1.29, 1.82) is 0 Å². The van der Waals surface area contributed by atoms with Gasteiger partial charge in [-0.15, -0.1) is 24.0 Å². The largest absolute Gasteiger partial charge is 0.356 e. The van der Waals surface area contributed by atoms with E-state index in [9.17, 15) is 0 Å². The second-order valence-corrected chi connectivity index (χ2v) is 5.00. The highest BCUT2D eigenvalue weighted by Gasteiger charge is 2.16. The normalized spacial score (nSPS) is 19.0. The molecule has 1 saturated heterocycles. The van der Waals surface area contributed by atoms with Gasteiger partial charge in [-0.1, -0.05) is 0 Å². The molecule has 0 aliphatic carbocycles. The van der Waals surface area contributed by atoms with E-state index in [4.69, 9.17) is 0 Å². The Labute approximate surface area is 123 Å². The molecule has 17 heavy (non-hydrogen) atoms. The van der Waals surface area contributed by atoms with Crippen molar-refractivity contribution in [3.8, 4) is 0 Å². The summed E-state index contributed by atoms with van der Waals surface area (Å²) in [5, 5.41) is 6.71. The van der Waals surface area contributed by atoms with E-state index in [1.807, 2.05) is 7.05 Å². The summed E-state index contributed by atoms with van der Waals surface area (Å²) in [6.07, 6.45) is 2.59. The molecule has 1 rings (SSSR count). The monoisotopic (exact) mass is 354 g/mol. The Bertz CT molecular complexity index is 223. The summed E-state index contributed by atoms with van der Waals surface area (Å²) in [6, 6.07) is 0.434. The third kappa shape index (κ3) is 7.08. The van der Waals surface area contributed by atoms with Crippen molar-refractivity contribution in [2.75, 3.05) is 33.7 Å². The highest BCUT2D eigenvalue weighted by atomic mass is 127. The molecule has 0 aromatic rings. The summed E-state index contributed by atoms with van der Waals surface area (Å²) in [5.41, 5.74) is 0. The van der Waals surface area contributed by atoms with E-state index in [1.165, 1.54) is 25.9 Å². The van der Waals surface area contributed by atoms with Crippen LogP contribution in [0.2, 0.25) is 0 Å². The fourth-order valence-corrected chi connectivity index (χ4v) is 1.98. The van der Waals surface area contributed by atoms with Gasteiger partial charge in [-0.3, -0.25) is 4.99 Å². The number of nitrogens with one attached hydrogen (secondary N) is 2. The number of piperidine rings is 1. The van der Waals surface area contributed by atoms with Crippen LogP contribution in [0.25, 0.3) is 0 Å². The standard InChI is InChI=1S/C12H26N4.HI/c1-10(2)15-12(13-3)14-9-11-5-7-16(4)8-6-11;/h10-11H,5-9H2,1-4H3,(H2,13,14,15);1H. The first kappa shape index (κ1) is 17.0. The lowest BCUT2D eigenvalue weighted by molar-refractivity contribution is 0.220. The maximum absolute atomic E-state index is 4.21. The molecule has 0 aromatic heterocycles. The summed E-state index contributed by atoms with van der Waals surface area (Å²) in [5.74, 6) is 1.72. The predicted molar refractivity (Wildman–Crippen MR) is 85.3 cm³/mol. The van der Waals surface area contributed by atoms with Crippen molar-refractivity contribution in [1.82, 2.24) is 15.5 Å². The third-order valence-corrected chi connectivity index (χ3v) is 3.05. The number of hydrogen-bond acceptors (Lipinski definition) is 2. The molecule has 1 fully saturated rings. The lowest BCUT2D eigenvalue weighted by Gasteiger charge is -2.29. The molecule has 0 spiro atoms. The molecular formula is C12H27IN4. The molecule has 1 aliphatic rings. The topological polar surface area (TPSA) is 39.7 Å². The summed E-state index contributed by atoms with van der Waals surface area (Å²) < 4.78 is 0. The number of aliphatic imine (C=N–C) groups is 1. The molecule has 0 radical (unpaired) electrons. The first-order chi connectivity index (χ1) is 7.61. The zero-order valence-corrected chi connectivity index (χ0v) is 13.8. The molecule has 102 valence electrons. The zero-order chi connectivity index (χ0) is 12.0. The van der Waals surface area contributed by atoms with Crippen LogP contribution >= 0.6 is 24.0 Å². The maximum Gasteiger partial charge on any atom is 0.191 e. The minimum absolute atomic E-state index is 0. The molecule has 5 heteroatoms. The average Bonchev–Trinajstić information content (AvgIpc) is 2.26. The van der Waals surface area contributed by atoms with Gasteiger partial charge >= 0.3 is 0 Å². The first-order valence-corrected chi connectivity index (χ1v) is 6.27. The maximum atomic E-state index is 4.21. The SMILES string of the molecule is CN=C(NCC1CCN(C)CC1)NC(C)C.I. The van der Waals surface area contributed by atoms with Crippen LogP contribution < -0.4 is 10.6 Å². The highest BCUT2D eigenvalue weighted by molar-refractivity contribution is 14.0. The van der Waals surface area contributed by atoms with Crippen molar-refractivity contribution in [2.45, 2.75) is 32.7 Å². The van der Waals surface area contributed by atoms with Crippen molar-refractivity contribution in [2.24, 2.45) is 10.9 Å². The molecule has 0 amide bonds. The Hall–Kier alpha value is -0.0400. The number of nitrogens with zero attached hydrogens (tertiary/aromatic N) is 2. The van der Waals surface area contributed by atoms with Crippen LogP contribution in [0, 0.1) is 5.92 Å². The Morgan fingerprint density at radius 2 is 1.94 bits per heavy atom. The number of likely N-dealkylation sites (tertiary alicyclic amines) is 1. The molecule has 1 aliphatic heterocycles. The van der Waals surface area contributed by atoms with Crippen LogP contribution in [0.1, 0.15) is 26.7 Å². The minimum Gasteiger partial charge on any atom is -0.356 e. The van der Waals surface area contributed by atoms with Crippen molar-refractivity contribution in [3.63, 3.8) is 0 Å². The smallest absolute Gasteiger partial charge is 0.191 e. The zero-order valence-electron chi connectivity index (χ0n) is 11.5. The second kappa shape index (κ2) is 8.97. The lowest BCUT2D eigenvalue weighted by atomic mass is 9.97. The van der Waals surface area contributed by atoms with Crippen molar-refractivity contribution < 1.29 is 0 Å². The summed E-state index contributed by atoms with van der Waals surface area (Å²) in [4.78, 5) is 6.61. The van der Waals surface area contributed by atoms with Crippen molar-refractivity contribution >= 4 is 29.9 Å². The number of hydrogen-bond donors (Lipinski definition) is 2. The van der Waals surface area contributed by atoms with Gasteiger partial charge in [0.05, 0.1) is 0 Å². The van der Waals surface area contributed by atoms with Gasteiger partial charge in [0.1, 0.15) is 0 Å². The molecule has 4 nitrogen and oxygen atoms in total. The molecule has 1 heterocycles. The van der Waals surface area contributed by atoms with E-state index < -0.39 is 0 Å². The van der Waals surface area contributed by atoms with Gasteiger partial charge in [-0.05, 0) is 52.7 Å². The summed E-state index contributed by atoms with van der Waals surface area (Å²) in [6.45, 7) is 7.75. The van der Waals surface area contributed by atoms with Crippen LogP contribution in [0.5, 0.6) is 0 Å². The Balaban J connectivity index is 0.00000256. The van der Waals surface area contributed by atoms with E-state index in [-0.39, 0.29) is 24.0 Å². The van der Waals surface area contributed by atoms with Crippen LogP contribution in [-0.4, -0.2) is 50.6 Å². The number of rotatable bonds is 3. The molecule has 0 aromatic carbocycles. The van der Waals surface area contributed by atoms with Gasteiger partial charge in [0.15, 0.2) is 5.96 Å². The van der Waals surface area contributed by atoms with Crippen LogP contribution in [0.3, 0.4) is 0 Å². The predicted octanol–water partition coefficient (Wildman–Crippen LogP) is 1.52. The highest BCUT2D eigenvalue weighted by Crippen LogP contribution is 2.14. The van der Waals surface area contributed by atoms with E-state index in [2.05, 4.69) is 41.4 Å². The van der Waals surface area contributed by atoms with Gasteiger partial charge < -0.3 is 15.5 Å². The molecule has 0 unspecified atom stereocenters. The number of halogens is 1. The Morgan fingerprint density at radius 1 is 1.35 bits per heavy atom. The van der Waals surface area contributed by atoms with E-state index >= 15 is 0 Å². The molecule has 2 N–H and O–H groups in total. The fraction of sp³-hybridized carbons (Fsp3) is 0.917. The van der Waals surface area contributed by atoms with Crippen LogP contribution in [-0.2, 0) is 0 Å². The molecular weight excluding hydrogens is 327 g/mol. The van der Waals surface area contributed by atoms with E-state index in [0.717, 1.165) is 18.4 Å². The van der Waals surface area contributed by atoms with E-state index in [1.54, 1.807) is 0 Å². The quantitative estimate of drug-likeness (QED) is 0.459. The average molecular weight is 354 g/mol. The summed E-state index contributed by atoms with van der Waals surface area (Å²) >= 11 is 0. The van der Waals surface area contributed by atoms with E-state index in [0.29, 0.717) is 6.04 Å². The van der Waals surface area contributed by atoms with Gasteiger partial charge in [0, 0.05) is 19.6 Å². The van der Waals surface area contributed by atoms with Crippen molar-refractivity contribution in [3.05, 3.63) is 0 Å². The fourth-order valence-electron chi connectivity index (χ4n) is 1.98. The lowest BCUT2D eigenvalue weighted by Crippen LogP contribution is -2.44. The number of guanidine groups is 1. The van der Waals surface area contributed by atoms with Crippen LogP contribution in [0.15, 0.2) is 4.99 Å². The van der Waals surface area contributed by atoms with Gasteiger partial charge in [-0.2, -0.15) is 0 Å².